The lowest BCUT2D eigenvalue weighted by atomic mass is 9.98. The molecule has 5 nitrogen and oxygen atoms in total. The number of thiazole rings is 1. The molecule has 1 saturated heterocycles. The Bertz CT molecular complexity index is 819. The molecule has 148 valence electrons. The van der Waals surface area contributed by atoms with Crippen LogP contribution in [0.3, 0.4) is 0 Å². The molecular weight excluding hydrogens is 378 g/mol. The topological polar surface area (TPSA) is 62.3 Å². The molecule has 1 aliphatic heterocycles. The van der Waals surface area contributed by atoms with Crippen molar-refractivity contribution in [3.8, 4) is 0 Å². The first kappa shape index (κ1) is 20.5. The van der Waals surface area contributed by atoms with Crippen LogP contribution < -0.4 is 4.72 Å². The monoisotopic (exact) mass is 407 g/mol. The van der Waals surface area contributed by atoms with Crippen LogP contribution in [0.25, 0.3) is 0 Å². The number of nitrogens with zero attached hydrogens (tertiary/aromatic N) is 2. The molecule has 2 heterocycles. The first-order chi connectivity index (χ1) is 12.9. The van der Waals surface area contributed by atoms with Gasteiger partial charge in [-0.3, -0.25) is 4.90 Å². The van der Waals surface area contributed by atoms with Crippen molar-refractivity contribution in [2.75, 3.05) is 19.6 Å². The van der Waals surface area contributed by atoms with Crippen LogP contribution in [0, 0.1) is 5.92 Å². The molecule has 1 aromatic carbocycles. The molecular formula is C20H29N3O2S2. The maximum atomic E-state index is 12.3. The summed E-state index contributed by atoms with van der Waals surface area (Å²) in [4.78, 5) is 7.13. The lowest BCUT2D eigenvalue weighted by Gasteiger charge is -2.32. The summed E-state index contributed by atoms with van der Waals surface area (Å²) in [5.41, 5.74) is 1.98. The Morgan fingerprint density at radius 1 is 1.30 bits per heavy atom. The second kappa shape index (κ2) is 9.28. The van der Waals surface area contributed by atoms with E-state index < -0.39 is 10.0 Å². The molecule has 1 aromatic heterocycles. The van der Waals surface area contributed by atoms with Gasteiger partial charge in [0.05, 0.1) is 18.0 Å². The fourth-order valence-electron chi connectivity index (χ4n) is 3.41. The van der Waals surface area contributed by atoms with E-state index in [0.29, 0.717) is 18.4 Å². The van der Waals surface area contributed by atoms with Gasteiger partial charge < -0.3 is 0 Å². The van der Waals surface area contributed by atoms with Gasteiger partial charge in [0.1, 0.15) is 5.01 Å². The van der Waals surface area contributed by atoms with Gasteiger partial charge in [-0.1, -0.05) is 44.2 Å². The van der Waals surface area contributed by atoms with Gasteiger partial charge in [0.25, 0.3) is 0 Å². The van der Waals surface area contributed by atoms with Crippen molar-refractivity contribution < 1.29 is 8.42 Å². The SMILES string of the molecule is CC(C)c1csc(CN2CCC[C@H](CNS(=O)(=O)Cc3ccccc3)C2)n1. The molecule has 3 rings (SSSR count). The van der Waals surface area contributed by atoms with Crippen LogP contribution in [0.1, 0.15) is 48.9 Å². The Balaban J connectivity index is 1.49. The quantitative estimate of drug-likeness (QED) is 0.726. The van der Waals surface area contributed by atoms with E-state index in [2.05, 4.69) is 28.8 Å². The van der Waals surface area contributed by atoms with Crippen molar-refractivity contribution in [3.05, 3.63) is 52.0 Å². The average Bonchev–Trinajstić information content (AvgIpc) is 3.10. The minimum Gasteiger partial charge on any atom is -0.296 e. The maximum Gasteiger partial charge on any atom is 0.215 e. The highest BCUT2D eigenvalue weighted by atomic mass is 32.2. The van der Waals surface area contributed by atoms with Gasteiger partial charge in [-0.05, 0) is 36.8 Å². The Morgan fingerprint density at radius 2 is 2.07 bits per heavy atom. The molecule has 0 bridgehead atoms. The van der Waals surface area contributed by atoms with Crippen LogP contribution in [0.4, 0.5) is 0 Å². The second-order valence-electron chi connectivity index (χ2n) is 7.66. The second-order valence-corrected chi connectivity index (χ2v) is 10.4. The Morgan fingerprint density at radius 3 is 2.78 bits per heavy atom. The van der Waals surface area contributed by atoms with E-state index in [9.17, 15) is 8.42 Å². The zero-order valence-electron chi connectivity index (χ0n) is 16.1. The number of nitrogens with one attached hydrogen (secondary N) is 1. The number of hydrogen-bond acceptors (Lipinski definition) is 5. The highest BCUT2D eigenvalue weighted by Crippen LogP contribution is 2.22. The van der Waals surface area contributed by atoms with E-state index in [1.807, 2.05) is 30.3 Å². The largest absolute Gasteiger partial charge is 0.296 e. The number of benzene rings is 1. The van der Waals surface area contributed by atoms with Crippen molar-refractivity contribution in [3.63, 3.8) is 0 Å². The van der Waals surface area contributed by atoms with Gasteiger partial charge >= 0.3 is 0 Å². The van der Waals surface area contributed by atoms with Gasteiger partial charge in [0, 0.05) is 18.5 Å². The highest BCUT2D eigenvalue weighted by molar-refractivity contribution is 7.88. The molecule has 1 fully saturated rings. The van der Waals surface area contributed by atoms with Crippen LogP contribution in [-0.4, -0.2) is 37.9 Å². The predicted molar refractivity (Wildman–Crippen MR) is 111 cm³/mol. The summed E-state index contributed by atoms with van der Waals surface area (Å²) in [6.07, 6.45) is 2.17. The molecule has 1 N–H and O–H groups in total. The number of piperidine rings is 1. The summed E-state index contributed by atoms with van der Waals surface area (Å²) in [5.74, 6) is 0.860. The molecule has 7 heteroatoms. The van der Waals surface area contributed by atoms with E-state index >= 15 is 0 Å². The average molecular weight is 408 g/mol. The van der Waals surface area contributed by atoms with Crippen molar-refractivity contribution in [2.24, 2.45) is 5.92 Å². The molecule has 0 spiro atoms. The summed E-state index contributed by atoms with van der Waals surface area (Å²) >= 11 is 1.73. The third-order valence-corrected chi connectivity index (χ3v) is 7.09. The zero-order valence-corrected chi connectivity index (χ0v) is 17.7. The smallest absolute Gasteiger partial charge is 0.215 e. The van der Waals surface area contributed by atoms with E-state index in [4.69, 9.17) is 4.98 Å². The Kier molecular flexibility index (Phi) is 7.03. The van der Waals surface area contributed by atoms with Gasteiger partial charge in [-0.2, -0.15) is 0 Å². The third kappa shape index (κ3) is 6.38. The van der Waals surface area contributed by atoms with Crippen LogP contribution in [-0.2, 0) is 22.3 Å². The van der Waals surface area contributed by atoms with Gasteiger partial charge in [-0.25, -0.2) is 18.1 Å². The van der Waals surface area contributed by atoms with Gasteiger partial charge in [0.15, 0.2) is 0 Å². The Labute approximate surface area is 166 Å². The standard InChI is InChI=1S/C20H29N3O2S2/c1-16(2)19-14-26-20(22-19)13-23-10-6-9-18(12-23)11-21-27(24,25)15-17-7-4-3-5-8-17/h3-5,7-8,14,16,18,21H,6,9-13,15H2,1-2H3/t18-/m1/s1. The van der Waals surface area contributed by atoms with E-state index in [1.54, 1.807) is 11.3 Å². The number of hydrogen-bond donors (Lipinski definition) is 1. The fourth-order valence-corrected chi connectivity index (χ4v) is 5.63. The minimum atomic E-state index is -3.30. The van der Waals surface area contributed by atoms with Crippen molar-refractivity contribution in [2.45, 2.75) is 44.9 Å². The molecule has 1 aliphatic rings. The fraction of sp³-hybridized carbons (Fsp3) is 0.550. The van der Waals surface area contributed by atoms with Crippen LogP contribution in [0.2, 0.25) is 0 Å². The molecule has 2 aromatic rings. The van der Waals surface area contributed by atoms with Crippen molar-refractivity contribution in [1.82, 2.24) is 14.6 Å². The maximum absolute atomic E-state index is 12.3. The number of aromatic nitrogens is 1. The molecule has 1 atom stereocenters. The first-order valence-electron chi connectivity index (χ1n) is 9.59. The summed E-state index contributed by atoms with van der Waals surface area (Å²) in [6.45, 7) is 7.69. The van der Waals surface area contributed by atoms with E-state index in [-0.39, 0.29) is 5.75 Å². The van der Waals surface area contributed by atoms with Crippen LogP contribution >= 0.6 is 11.3 Å². The molecule has 27 heavy (non-hydrogen) atoms. The third-order valence-electron chi connectivity index (χ3n) is 4.91. The molecule has 0 amide bonds. The summed E-state index contributed by atoms with van der Waals surface area (Å²) in [5, 5.41) is 3.31. The lowest BCUT2D eigenvalue weighted by Crippen LogP contribution is -2.40. The lowest BCUT2D eigenvalue weighted by molar-refractivity contribution is 0.168. The van der Waals surface area contributed by atoms with E-state index in [0.717, 1.165) is 48.7 Å². The van der Waals surface area contributed by atoms with Crippen LogP contribution in [0.5, 0.6) is 0 Å². The molecule has 0 radical (unpaired) electrons. The minimum absolute atomic E-state index is 0.0430. The predicted octanol–water partition coefficient (Wildman–Crippen LogP) is 3.60. The highest BCUT2D eigenvalue weighted by Gasteiger charge is 2.23. The molecule has 0 aliphatic carbocycles. The molecule has 0 unspecified atom stereocenters. The van der Waals surface area contributed by atoms with Gasteiger partial charge in [-0.15, -0.1) is 11.3 Å². The molecule has 0 saturated carbocycles. The summed E-state index contributed by atoms with van der Waals surface area (Å²) in [6, 6.07) is 9.33. The van der Waals surface area contributed by atoms with Crippen molar-refractivity contribution >= 4 is 21.4 Å². The van der Waals surface area contributed by atoms with E-state index in [1.165, 1.54) is 0 Å². The number of sulfonamides is 1. The first-order valence-corrected chi connectivity index (χ1v) is 12.1. The number of likely N-dealkylation sites (tertiary alicyclic amines) is 1. The summed E-state index contributed by atoms with van der Waals surface area (Å²) in [7, 11) is -3.30. The number of rotatable bonds is 8. The van der Waals surface area contributed by atoms with Crippen molar-refractivity contribution in [1.29, 1.82) is 0 Å². The Hall–Kier alpha value is -1.28. The van der Waals surface area contributed by atoms with Crippen LogP contribution in [0.15, 0.2) is 35.7 Å². The normalized spacial score (nSPS) is 18.9. The summed E-state index contributed by atoms with van der Waals surface area (Å²) < 4.78 is 27.5. The zero-order chi connectivity index (χ0) is 19.3. The van der Waals surface area contributed by atoms with Gasteiger partial charge in [0.2, 0.25) is 10.0 Å².